The van der Waals surface area contributed by atoms with Crippen molar-refractivity contribution >= 4 is 44.5 Å². The van der Waals surface area contributed by atoms with E-state index in [1.54, 1.807) is 29.8 Å². The number of carbonyl (C=O) groups excluding carboxylic acids is 1. The standard InChI is InChI=1S/C21H22BrN3O2S2/c1-27-19-4-3-16(22)11-18(19)20-23-17(14-29-20)12-24-6-2-7-25(9-8-24)21(26)15-5-10-28-13-15/h3-5,10-11,13-14H,2,6-9,12H2,1H3. The molecule has 8 heteroatoms. The van der Waals surface area contributed by atoms with Gasteiger partial charge in [-0.2, -0.15) is 11.3 Å². The predicted octanol–water partition coefficient (Wildman–Crippen LogP) is 4.99. The number of thiazole rings is 1. The zero-order chi connectivity index (χ0) is 20.2. The number of aromatic nitrogens is 1. The molecule has 1 amide bonds. The second kappa shape index (κ2) is 9.38. The summed E-state index contributed by atoms with van der Waals surface area (Å²) >= 11 is 6.73. The van der Waals surface area contributed by atoms with Crippen LogP contribution in [0.1, 0.15) is 22.5 Å². The Balaban J connectivity index is 1.41. The van der Waals surface area contributed by atoms with Crippen LogP contribution in [0.4, 0.5) is 0 Å². The van der Waals surface area contributed by atoms with Crippen molar-refractivity contribution in [2.75, 3.05) is 33.3 Å². The summed E-state index contributed by atoms with van der Waals surface area (Å²) in [5, 5.41) is 6.96. The van der Waals surface area contributed by atoms with Crippen molar-refractivity contribution < 1.29 is 9.53 Å². The van der Waals surface area contributed by atoms with E-state index in [0.717, 1.165) is 71.2 Å². The van der Waals surface area contributed by atoms with Crippen molar-refractivity contribution in [1.82, 2.24) is 14.8 Å². The van der Waals surface area contributed by atoms with Gasteiger partial charge in [-0.05, 0) is 36.1 Å². The van der Waals surface area contributed by atoms with Gasteiger partial charge in [0.2, 0.25) is 0 Å². The number of halogens is 1. The van der Waals surface area contributed by atoms with E-state index in [9.17, 15) is 4.79 Å². The summed E-state index contributed by atoms with van der Waals surface area (Å²) in [7, 11) is 1.68. The smallest absolute Gasteiger partial charge is 0.254 e. The molecule has 2 aromatic heterocycles. The van der Waals surface area contributed by atoms with Crippen LogP contribution in [0.25, 0.3) is 10.6 Å². The lowest BCUT2D eigenvalue weighted by atomic mass is 10.2. The fourth-order valence-electron chi connectivity index (χ4n) is 3.48. The van der Waals surface area contributed by atoms with Crippen molar-refractivity contribution in [1.29, 1.82) is 0 Å². The highest BCUT2D eigenvalue weighted by Gasteiger charge is 2.21. The Morgan fingerprint density at radius 3 is 2.90 bits per heavy atom. The van der Waals surface area contributed by atoms with E-state index in [2.05, 4.69) is 26.2 Å². The van der Waals surface area contributed by atoms with Crippen LogP contribution in [0.5, 0.6) is 5.75 Å². The first kappa shape index (κ1) is 20.5. The van der Waals surface area contributed by atoms with Gasteiger partial charge in [-0.15, -0.1) is 11.3 Å². The first-order valence-corrected chi connectivity index (χ1v) is 12.1. The maximum atomic E-state index is 12.6. The minimum Gasteiger partial charge on any atom is -0.496 e. The van der Waals surface area contributed by atoms with Crippen molar-refractivity contribution in [2.45, 2.75) is 13.0 Å². The van der Waals surface area contributed by atoms with E-state index < -0.39 is 0 Å². The molecule has 0 bridgehead atoms. The zero-order valence-corrected chi connectivity index (χ0v) is 19.4. The average Bonchev–Trinajstić information content (AvgIpc) is 3.37. The Kier molecular flexibility index (Phi) is 6.64. The molecule has 0 saturated carbocycles. The number of rotatable bonds is 5. The van der Waals surface area contributed by atoms with E-state index in [1.165, 1.54) is 0 Å². The molecule has 1 fully saturated rings. The minimum absolute atomic E-state index is 0.144. The molecule has 0 N–H and O–H groups in total. The molecule has 0 radical (unpaired) electrons. The normalized spacial score (nSPS) is 15.3. The minimum atomic E-state index is 0.144. The Morgan fingerprint density at radius 2 is 2.10 bits per heavy atom. The average molecular weight is 492 g/mol. The van der Waals surface area contributed by atoms with Gasteiger partial charge in [0.05, 0.1) is 23.9 Å². The summed E-state index contributed by atoms with van der Waals surface area (Å²) in [5.74, 6) is 0.970. The zero-order valence-electron chi connectivity index (χ0n) is 16.1. The second-order valence-electron chi connectivity index (χ2n) is 6.92. The van der Waals surface area contributed by atoms with Crippen LogP contribution < -0.4 is 4.74 Å². The predicted molar refractivity (Wildman–Crippen MR) is 122 cm³/mol. The molecule has 1 saturated heterocycles. The van der Waals surface area contributed by atoms with Gasteiger partial charge in [0.15, 0.2) is 0 Å². The molecule has 1 aromatic carbocycles. The summed E-state index contributed by atoms with van der Waals surface area (Å²) in [6.45, 7) is 4.20. The van der Waals surface area contributed by atoms with Gasteiger partial charge in [0, 0.05) is 48.0 Å². The van der Waals surface area contributed by atoms with Crippen LogP contribution in [0.15, 0.2) is 44.9 Å². The summed E-state index contributed by atoms with van der Waals surface area (Å²) < 4.78 is 6.50. The number of methoxy groups -OCH3 is 1. The van der Waals surface area contributed by atoms with Gasteiger partial charge >= 0.3 is 0 Å². The second-order valence-corrected chi connectivity index (χ2v) is 9.48. The van der Waals surface area contributed by atoms with Gasteiger partial charge in [0.25, 0.3) is 5.91 Å². The summed E-state index contributed by atoms with van der Waals surface area (Å²) in [6, 6.07) is 7.87. The molecule has 3 aromatic rings. The van der Waals surface area contributed by atoms with Crippen LogP contribution in [-0.2, 0) is 6.54 Å². The van der Waals surface area contributed by atoms with E-state index in [0.29, 0.717) is 0 Å². The SMILES string of the molecule is COc1ccc(Br)cc1-c1nc(CN2CCCN(C(=O)c3ccsc3)CC2)cs1. The number of carbonyl (C=O) groups is 1. The first-order valence-electron chi connectivity index (χ1n) is 9.46. The van der Waals surface area contributed by atoms with E-state index in [4.69, 9.17) is 9.72 Å². The lowest BCUT2D eigenvalue weighted by molar-refractivity contribution is 0.0761. The highest BCUT2D eigenvalue weighted by Crippen LogP contribution is 2.34. The monoisotopic (exact) mass is 491 g/mol. The molecule has 0 atom stereocenters. The lowest BCUT2D eigenvalue weighted by Gasteiger charge is -2.21. The van der Waals surface area contributed by atoms with Crippen LogP contribution in [0.2, 0.25) is 0 Å². The van der Waals surface area contributed by atoms with Gasteiger partial charge in [-0.25, -0.2) is 4.98 Å². The lowest BCUT2D eigenvalue weighted by Crippen LogP contribution is -2.34. The van der Waals surface area contributed by atoms with Crippen LogP contribution >= 0.6 is 38.6 Å². The number of benzene rings is 1. The summed E-state index contributed by atoms with van der Waals surface area (Å²) in [5.41, 5.74) is 2.86. The van der Waals surface area contributed by atoms with Gasteiger partial charge in [-0.1, -0.05) is 15.9 Å². The molecule has 4 rings (SSSR count). The van der Waals surface area contributed by atoms with Crippen LogP contribution in [0, 0.1) is 0 Å². The molecule has 1 aliphatic heterocycles. The van der Waals surface area contributed by atoms with Gasteiger partial charge in [0.1, 0.15) is 10.8 Å². The molecule has 1 aliphatic rings. The number of ether oxygens (including phenoxy) is 1. The Labute approximate surface area is 187 Å². The van der Waals surface area contributed by atoms with Crippen molar-refractivity contribution in [3.05, 3.63) is 56.1 Å². The van der Waals surface area contributed by atoms with E-state index in [1.807, 2.05) is 39.9 Å². The fourth-order valence-corrected chi connectivity index (χ4v) is 5.30. The Hall–Kier alpha value is -1.74. The molecule has 0 spiro atoms. The number of amides is 1. The maximum absolute atomic E-state index is 12.6. The number of nitrogens with zero attached hydrogens (tertiary/aromatic N) is 3. The van der Waals surface area contributed by atoms with Crippen LogP contribution in [-0.4, -0.2) is 54.0 Å². The van der Waals surface area contributed by atoms with Gasteiger partial charge < -0.3 is 9.64 Å². The summed E-state index contributed by atoms with van der Waals surface area (Å²) in [4.78, 5) is 21.8. The highest BCUT2D eigenvalue weighted by atomic mass is 79.9. The maximum Gasteiger partial charge on any atom is 0.254 e. The highest BCUT2D eigenvalue weighted by molar-refractivity contribution is 9.10. The van der Waals surface area contributed by atoms with Crippen molar-refractivity contribution in [3.63, 3.8) is 0 Å². The quantitative estimate of drug-likeness (QED) is 0.504. The number of hydrogen-bond acceptors (Lipinski definition) is 6. The first-order chi connectivity index (χ1) is 14.1. The summed E-state index contributed by atoms with van der Waals surface area (Å²) in [6.07, 6.45) is 0.978. The van der Waals surface area contributed by atoms with Crippen LogP contribution in [0.3, 0.4) is 0 Å². The molecule has 152 valence electrons. The number of hydrogen-bond donors (Lipinski definition) is 0. The molecule has 0 aliphatic carbocycles. The Morgan fingerprint density at radius 1 is 1.21 bits per heavy atom. The molecule has 0 unspecified atom stereocenters. The third kappa shape index (κ3) is 4.88. The van der Waals surface area contributed by atoms with Crippen molar-refractivity contribution in [2.24, 2.45) is 0 Å². The van der Waals surface area contributed by atoms with E-state index in [-0.39, 0.29) is 5.91 Å². The third-order valence-corrected chi connectivity index (χ3v) is 7.07. The van der Waals surface area contributed by atoms with Crippen molar-refractivity contribution in [3.8, 4) is 16.3 Å². The molecule has 5 nitrogen and oxygen atoms in total. The third-order valence-electron chi connectivity index (χ3n) is 4.97. The molecule has 29 heavy (non-hydrogen) atoms. The van der Waals surface area contributed by atoms with Gasteiger partial charge in [-0.3, -0.25) is 9.69 Å². The Bertz CT molecular complexity index is 974. The van der Waals surface area contributed by atoms with E-state index >= 15 is 0 Å². The number of thiophene rings is 1. The molecule has 3 heterocycles. The molecular formula is C21H22BrN3O2S2. The molecular weight excluding hydrogens is 470 g/mol. The fraction of sp³-hybridized carbons (Fsp3) is 0.333. The largest absolute Gasteiger partial charge is 0.496 e. The topological polar surface area (TPSA) is 45.7 Å².